The maximum Gasteiger partial charge on any atom is 0.153 e. The van der Waals surface area contributed by atoms with E-state index in [0.717, 1.165) is 23.6 Å². The highest BCUT2D eigenvalue weighted by Gasteiger charge is 2.00. The Morgan fingerprint density at radius 3 is 2.87 bits per heavy atom. The second-order valence-electron chi connectivity index (χ2n) is 3.00. The number of carbonyl (C=O) groups excluding carboxylic acids is 1. The summed E-state index contributed by atoms with van der Waals surface area (Å²) in [6.07, 6.45) is 5.84. The van der Waals surface area contributed by atoms with Crippen LogP contribution in [0.25, 0.3) is 6.08 Å². The van der Waals surface area contributed by atoms with Gasteiger partial charge in [-0.3, -0.25) is 4.79 Å². The highest BCUT2D eigenvalue weighted by atomic mass is 79.9. The Balaban J connectivity index is 2.88. The van der Waals surface area contributed by atoms with Crippen LogP contribution in [-0.4, -0.2) is 18.7 Å². The smallest absolute Gasteiger partial charge is 0.153 e. The van der Waals surface area contributed by atoms with E-state index in [1.807, 2.05) is 18.2 Å². The van der Waals surface area contributed by atoms with E-state index in [2.05, 4.69) is 22.0 Å². The Bertz CT molecular complexity index is 359. The number of ether oxygens (including phenoxy) is 1. The molecule has 0 radical (unpaired) electrons. The second kappa shape index (κ2) is 6.40. The molecule has 15 heavy (non-hydrogen) atoms. The fourth-order valence-electron chi connectivity index (χ4n) is 1.23. The van der Waals surface area contributed by atoms with Crippen molar-refractivity contribution in [2.24, 2.45) is 0 Å². The third-order valence-corrected chi connectivity index (χ3v) is 2.42. The molecule has 0 N–H and O–H groups in total. The monoisotopic (exact) mass is 268 g/mol. The zero-order valence-electron chi connectivity index (χ0n) is 8.57. The lowest BCUT2D eigenvalue weighted by atomic mass is 10.1. The summed E-state index contributed by atoms with van der Waals surface area (Å²) in [7, 11) is 1.56. The first-order chi connectivity index (χ1) is 7.31. The summed E-state index contributed by atoms with van der Waals surface area (Å²) < 4.78 is 5.05. The number of rotatable bonds is 5. The van der Waals surface area contributed by atoms with E-state index in [0.29, 0.717) is 11.3 Å². The van der Waals surface area contributed by atoms with Gasteiger partial charge in [0.1, 0.15) is 5.75 Å². The molecule has 0 saturated heterocycles. The average molecular weight is 269 g/mol. The van der Waals surface area contributed by atoms with E-state index in [-0.39, 0.29) is 0 Å². The third kappa shape index (κ3) is 3.51. The van der Waals surface area contributed by atoms with Crippen LogP contribution in [0.4, 0.5) is 0 Å². The molecule has 0 unspecified atom stereocenters. The van der Waals surface area contributed by atoms with Crippen molar-refractivity contribution in [1.82, 2.24) is 0 Å². The summed E-state index contributed by atoms with van der Waals surface area (Å²) in [5.41, 5.74) is 1.59. The van der Waals surface area contributed by atoms with E-state index in [4.69, 9.17) is 4.74 Å². The van der Waals surface area contributed by atoms with Gasteiger partial charge in [0.25, 0.3) is 0 Å². The van der Waals surface area contributed by atoms with Gasteiger partial charge in [0.05, 0.1) is 12.7 Å². The molecule has 0 fully saturated rings. The number of hydrogen-bond donors (Lipinski definition) is 0. The summed E-state index contributed by atoms with van der Waals surface area (Å²) in [5.74, 6) is 0.614. The molecule has 0 aliphatic rings. The molecule has 0 aliphatic carbocycles. The SMILES string of the molecule is COc1ccc(C=CCCBr)cc1C=O. The summed E-state index contributed by atoms with van der Waals surface area (Å²) in [5, 5.41) is 0.945. The molecule has 0 heterocycles. The summed E-state index contributed by atoms with van der Waals surface area (Å²) in [4.78, 5) is 10.8. The van der Waals surface area contributed by atoms with Crippen LogP contribution in [0.5, 0.6) is 5.75 Å². The van der Waals surface area contributed by atoms with Crippen LogP contribution in [0.1, 0.15) is 22.3 Å². The molecule has 0 aliphatic heterocycles. The van der Waals surface area contributed by atoms with Crippen LogP contribution in [0.15, 0.2) is 24.3 Å². The van der Waals surface area contributed by atoms with Crippen molar-refractivity contribution in [3.05, 3.63) is 35.4 Å². The van der Waals surface area contributed by atoms with Crippen molar-refractivity contribution < 1.29 is 9.53 Å². The number of alkyl halides is 1. The molecule has 0 atom stereocenters. The first kappa shape index (κ1) is 12.0. The Labute approximate surface area is 98.1 Å². The van der Waals surface area contributed by atoms with Gasteiger partial charge in [-0.2, -0.15) is 0 Å². The van der Waals surface area contributed by atoms with E-state index in [9.17, 15) is 4.79 Å². The quantitative estimate of drug-likeness (QED) is 0.605. The molecule has 0 spiro atoms. The summed E-state index contributed by atoms with van der Waals surface area (Å²) in [6.45, 7) is 0. The number of aldehydes is 1. The topological polar surface area (TPSA) is 26.3 Å². The Morgan fingerprint density at radius 1 is 1.47 bits per heavy atom. The van der Waals surface area contributed by atoms with Gasteiger partial charge in [-0.15, -0.1) is 0 Å². The predicted molar refractivity (Wildman–Crippen MR) is 65.8 cm³/mol. The van der Waals surface area contributed by atoms with Gasteiger partial charge in [0.2, 0.25) is 0 Å². The highest BCUT2D eigenvalue weighted by Crippen LogP contribution is 2.18. The molecule has 1 aromatic rings. The Kier molecular flexibility index (Phi) is 5.12. The number of hydrogen-bond acceptors (Lipinski definition) is 2. The minimum absolute atomic E-state index is 0.582. The Hall–Kier alpha value is -1.09. The van der Waals surface area contributed by atoms with Gasteiger partial charge < -0.3 is 4.74 Å². The zero-order valence-corrected chi connectivity index (χ0v) is 10.2. The van der Waals surface area contributed by atoms with Crippen molar-refractivity contribution in [3.8, 4) is 5.75 Å². The standard InChI is InChI=1S/C12H13BrO2/c1-15-12-6-5-10(4-2-3-7-13)8-11(12)9-14/h2,4-6,8-9H,3,7H2,1H3. The van der Waals surface area contributed by atoms with Crippen LogP contribution < -0.4 is 4.74 Å². The molecule has 0 saturated carbocycles. The molecular weight excluding hydrogens is 256 g/mol. The number of halogens is 1. The minimum Gasteiger partial charge on any atom is -0.496 e. The van der Waals surface area contributed by atoms with Crippen LogP contribution >= 0.6 is 15.9 Å². The van der Waals surface area contributed by atoms with Gasteiger partial charge >= 0.3 is 0 Å². The van der Waals surface area contributed by atoms with Crippen molar-refractivity contribution in [3.63, 3.8) is 0 Å². The summed E-state index contributed by atoms with van der Waals surface area (Å²) in [6, 6.07) is 5.55. The molecule has 1 rings (SSSR count). The summed E-state index contributed by atoms with van der Waals surface area (Å²) >= 11 is 3.35. The lowest BCUT2D eigenvalue weighted by Gasteiger charge is -2.03. The molecule has 0 bridgehead atoms. The fraction of sp³-hybridized carbons (Fsp3) is 0.250. The van der Waals surface area contributed by atoms with Gasteiger partial charge in [0, 0.05) is 5.33 Å². The van der Waals surface area contributed by atoms with Crippen molar-refractivity contribution in [2.75, 3.05) is 12.4 Å². The van der Waals surface area contributed by atoms with Gasteiger partial charge in [0.15, 0.2) is 6.29 Å². The predicted octanol–water partition coefficient (Wildman–Crippen LogP) is 3.31. The van der Waals surface area contributed by atoms with E-state index in [1.54, 1.807) is 13.2 Å². The normalized spacial score (nSPS) is 10.5. The second-order valence-corrected chi connectivity index (χ2v) is 3.79. The maximum atomic E-state index is 10.8. The highest BCUT2D eigenvalue weighted by molar-refractivity contribution is 9.09. The maximum absolute atomic E-state index is 10.8. The van der Waals surface area contributed by atoms with Crippen LogP contribution in [0, 0.1) is 0 Å². The number of methoxy groups -OCH3 is 1. The first-order valence-corrected chi connectivity index (χ1v) is 5.79. The van der Waals surface area contributed by atoms with Crippen molar-refractivity contribution in [1.29, 1.82) is 0 Å². The van der Waals surface area contributed by atoms with Gasteiger partial charge in [-0.05, 0) is 24.1 Å². The van der Waals surface area contributed by atoms with E-state index >= 15 is 0 Å². The molecule has 1 aromatic carbocycles. The van der Waals surface area contributed by atoms with Gasteiger partial charge in [-0.25, -0.2) is 0 Å². The lowest BCUT2D eigenvalue weighted by molar-refractivity contribution is 0.112. The number of benzene rings is 1. The van der Waals surface area contributed by atoms with Crippen LogP contribution in [0.2, 0.25) is 0 Å². The third-order valence-electron chi connectivity index (χ3n) is 1.97. The minimum atomic E-state index is 0.582. The molecule has 0 amide bonds. The van der Waals surface area contributed by atoms with E-state index in [1.165, 1.54) is 0 Å². The molecule has 0 aromatic heterocycles. The zero-order chi connectivity index (χ0) is 11.1. The Morgan fingerprint density at radius 2 is 2.27 bits per heavy atom. The van der Waals surface area contributed by atoms with Crippen molar-refractivity contribution >= 4 is 28.3 Å². The van der Waals surface area contributed by atoms with Gasteiger partial charge in [-0.1, -0.05) is 34.1 Å². The molecule has 2 nitrogen and oxygen atoms in total. The largest absolute Gasteiger partial charge is 0.496 e. The lowest BCUT2D eigenvalue weighted by Crippen LogP contribution is -1.90. The first-order valence-electron chi connectivity index (χ1n) is 4.67. The number of allylic oxidation sites excluding steroid dienone is 1. The van der Waals surface area contributed by atoms with Crippen LogP contribution in [-0.2, 0) is 0 Å². The average Bonchev–Trinajstić information content (AvgIpc) is 2.29. The molecule has 3 heteroatoms. The van der Waals surface area contributed by atoms with Crippen LogP contribution in [0.3, 0.4) is 0 Å². The molecular formula is C12H13BrO2. The fourth-order valence-corrected chi connectivity index (χ4v) is 1.50. The van der Waals surface area contributed by atoms with E-state index < -0.39 is 0 Å². The molecule has 80 valence electrons. The van der Waals surface area contributed by atoms with Crippen molar-refractivity contribution in [2.45, 2.75) is 6.42 Å². The number of carbonyl (C=O) groups is 1.